The first-order valence-electron chi connectivity index (χ1n) is 6.05. The predicted molar refractivity (Wildman–Crippen MR) is 76.1 cm³/mol. The second-order valence-electron chi connectivity index (χ2n) is 4.46. The molecule has 18 heavy (non-hydrogen) atoms. The van der Waals surface area contributed by atoms with Crippen LogP contribution in [0, 0.1) is 0 Å². The lowest BCUT2D eigenvalue weighted by atomic mass is 9.99. The molecule has 3 nitrogen and oxygen atoms in total. The molecule has 0 saturated carbocycles. The van der Waals surface area contributed by atoms with Crippen molar-refractivity contribution in [3.8, 4) is 0 Å². The maximum atomic E-state index is 11.4. The first-order valence-corrected chi connectivity index (χ1v) is 6.05. The molecular formula is C14H22ClNO2. The highest BCUT2D eigenvalue weighted by molar-refractivity contribution is 5.85. The third-order valence-corrected chi connectivity index (χ3v) is 2.69. The van der Waals surface area contributed by atoms with Crippen molar-refractivity contribution in [2.45, 2.75) is 39.2 Å². The molecule has 0 bridgehead atoms. The first-order chi connectivity index (χ1) is 8.04. The normalized spacial score (nSPS) is 11.8. The van der Waals surface area contributed by atoms with Gasteiger partial charge in [0.15, 0.2) is 0 Å². The molecule has 0 amide bonds. The Morgan fingerprint density at radius 2 is 1.83 bits per heavy atom. The van der Waals surface area contributed by atoms with E-state index in [1.165, 1.54) is 5.56 Å². The van der Waals surface area contributed by atoms with Crippen LogP contribution in [0.5, 0.6) is 0 Å². The fraction of sp³-hybridized carbons (Fsp3) is 0.500. The Kier molecular flexibility index (Phi) is 7.64. The lowest BCUT2D eigenvalue weighted by Crippen LogP contribution is -2.34. The van der Waals surface area contributed by atoms with Crippen molar-refractivity contribution in [2.75, 3.05) is 6.61 Å². The highest BCUT2D eigenvalue weighted by atomic mass is 35.5. The summed E-state index contributed by atoms with van der Waals surface area (Å²) in [6.07, 6.45) is 0.525. The molecule has 0 heterocycles. The van der Waals surface area contributed by atoms with Gasteiger partial charge < -0.3 is 10.5 Å². The minimum absolute atomic E-state index is 0. The zero-order valence-corrected chi connectivity index (χ0v) is 12.0. The molecule has 0 aliphatic rings. The standard InChI is InChI=1S/C14H21NO2.ClH/c1-4-17-14(16)13(15)9-11-5-7-12(8-6-11)10(2)3;/h5-8,10,13H,4,9,15H2,1-3H3;1H. The molecule has 0 fully saturated rings. The SMILES string of the molecule is CCOC(=O)C(N)Cc1ccc(C(C)C)cc1.Cl. The van der Waals surface area contributed by atoms with Gasteiger partial charge in [-0.3, -0.25) is 4.79 Å². The van der Waals surface area contributed by atoms with E-state index in [9.17, 15) is 4.79 Å². The number of carbonyl (C=O) groups excluding carboxylic acids is 1. The molecule has 1 rings (SSSR count). The van der Waals surface area contributed by atoms with Crippen LogP contribution in [-0.2, 0) is 16.0 Å². The highest BCUT2D eigenvalue weighted by Crippen LogP contribution is 2.15. The van der Waals surface area contributed by atoms with Gasteiger partial charge in [0.2, 0.25) is 0 Å². The number of benzene rings is 1. The van der Waals surface area contributed by atoms with E-state index < -0.39 is 6.04 Å². The van der Waals surface area contributed by atoms with Crippen LogP contribution in [0.2, 0.25) is 0 Å². The summed E-state index contributed by atoms with van der Waals surface area (Å²) in [5.41, 5.74) is 8.11. The van der Waals surface area contributed by atoms with Crippen LogP contribution in [-0.4, -0.2) is 18.6 Å². The molecule has 1 unspecified atom stereocenters. The predicted octanol–water partition coefficient (Wildman–Crippen LogP) is 2.66. The van der Waals surface area contributed by atoms with Crippen molar-refractivity contribution in [3.05, 3.63) is 35.4 Å². The van der Waals surface area contributed by atoms with Crippen LogP contribution in [0.3, 0.4) is 0 Å². The molecule has 1 atom stereocenters. The van der Waals surface area contributed by atoms with Crippen LogP contribution in [0.15, 0.2) is 24.3 Å². The zero-order valence-electron chi connectivity index (χ0n) is 11.2. The van der Waals surface area contributed by atoms with Crippen molar-refractivity contribution in [1.82, 2.24) is 0 Å². The number of halogens is 1. The number of carbonyl (C=O) groups is 1. The molecule has 0 aliphatic heterocycles. The van der Waals surface area contributed by atoms with Gasteiger partial charge in [-0.25, -0.2) is 0 Å². The lowest BCUT2D eigenvalue weighted by molar-refractivity contribution is -0.144. The minimum Gasteiger partial charge on any atom is -0.465 e. The first kappa shape index (κ1) is 16.9. The van der Waals surface area contributed by atoms with Gasteiger partial charge in [-0.1, -0.05) is 38.1 Å². The molecule has 0 spiro atoms. The van der Waals surface area contributed by atoms with Crippen molar-refractivity contribution in [3.63, 3.8) is 0 Å². The van der Waals surface area contributed by atoms with Gasteiger partial charge in [0.1, 0.15) is 6.04 Å². The Bertz CT molecular complexity index is 363. The number of ether oxygens (including phenoxy) is 1. The van der Waals surface area contributed by atoms with Crippen molar-refractivity contribution in [2.24, 2.45) is 5.73 Å². The molecule has 102 valence electrons. The molecule has 4 heteroatoms. The van der Waals surface area contributed by atoms with E-state index in [0.29, 0.717) is 18.9 Å². The Hall–Kier alpha value is -1.06. The van der Waals surface area contributed by atoms with Crippen LogP contribution in [0.25, 0.3) is 0 Å². The third kappa shape index (κ3) is 5.07. The van der Waals surface area contributed by atoms with Crippen LogP contribution >= 0.6 is 12.4 Å². The lowest BCUT2D eigenvalue weighted by Gasteiger charge is -2.11. The van der Waals surface area contributed by atoms with E-state index in [1.54, 1.807) is 6.92 Å². The van der Waals surface area contributed by atoms with E-state index in [-0.39, 0.29) is 18.4 Å². The number of rotatable bonds is 5. The van der Waals surface area contributed by atoms with Crippen LogP contribution in [0.1, 0.15) is 37.8 Å². The largest absolute Gasteiger partial charge is 0.465 e. The summed E-state index contributed by atoms with van der Waals surface area (Å²) in [5.74, 6) is 0.184. The third-order valence-electron chi connectivity index (χ3n) is 2.69. The van der Waals surface area contributed by atoms with E-state index in [4.69, 9.17) is 10.5 Å². The summed E-state index contributed by atoms with van der Waals surface area (Å²) in [5, 5.41) is 0. The maximum Gasteiger partial charge on any atom is 0.323 e. The number of nitrogens with two attached hydrogens (primary N) is 1. The molecule has 0 aromatic heterocycles. The van der Waals surface area contributed by atoms with Gasteiger partial charge in [0, 0.05) is 0 Å². The summed E-state index contributed by atoms with van der Waals surface area (Å²) in [4.78, 5) is 11.4. The van der Waals surface area contributed by atoms with Gasteiger partial charge >= 0.3 is 5.97 Å². The second kappa shape index (κ2) is 8.11. The molecular weight excluding hydrogens is 250 g/mol. The summed E-state index contributed by atoms with van der Waals surface area (Å²) < 4.78 is 4.87. The smallest absolute Gasteiger partial charge is 0.323 e. The van der Waals surface area contributed by atoms with E-state index in [2.05, 4.69) is 26.0 Å². The maximum absolute atomic E-state index is 11.4. The van der Waals surface area contributed by atoms with Gasteiger partial charge in [-0.2, -0.15) is 0 Å². The van der Waals surface area contributed by atoms with Crippen molar-refractivity contribution >= 4 is 18.4 Å². The minimum atomic E-state index is -0.570. The monoisotopic (exact) mass is 271 g/mol. The molecule has 1 aromatic carbocycles. The molecule has 0 radical (unpaired) electrons. The molecule has 2 N–H and O–H groups in total. The Balaban J connectivity index is 0.00000289. The topological polar surface area (TPSA) is 52.3 Å². The number of esters is 1. The fourth-order valence-electron chi connectivity index (χ4n) is 1.63. The molecule has 1 aromatic rings. The van der Waals surface area contributed by atoms with E-state index in [1.807, 2.05) is 12.1 Å². The summed E-state index contributed by atoms with van der Waals surface area (Å²) in [6, 6.07) is 7.64. The Labute approximate surface area is 115 Å². The van der Waals surface area contributed by atoms with Crippen molar-refractivity contribution < 1.29 is 9.53 Å². The zero-order chi connectivity index (χ0) is 12.8. The van der Waals surface area contributed by atoms with Crippen LogP contribution < -0.4 is 5.73 Å². The van der Waals surface area contributed by atoms with Crippen molar-refractivity contribution in [1.29, 1.82) is 0 Å². The van der Waals surface area contributed by atoms with E-state index >= 15 is 0 Å². The Morgan fingerprint density at radius 3 is 2.28 bits per heavy atom. The summed E-state index contributed by atoms with van der Waals surface area (Å²) in [6.45, 7) is 6.46. The summed E-state index contributed by atoms with van der Waals surface area (Å²) in [7, 11) is 0. The quantitative estimate of drug-likeness (QED) is 0.838. The van der Waals surface area contributed by atoms with Crippen LogP contribution in [0.4, 0.5) is 0 Å². The number of hydrogen-bond acceptors (Lipinski definition) is 3. The van der Waals surface area contributed by atoms with Gasteiger partial charge in [-0.05, 0) is 30.4 Å². The van der Waals surface area contributed by atoms with Gasteiger partial charge in [0.05, 0.1) is 6.61 Å². The van der Waals surface area contributed by atoms with Gasteiger partial charge in [0.25, 0.3) is 0 Å². The highest BCUT2D eigenvalue weighted by Gasteiger charge is 2.14. The average Bonchev–Trinajstić information content (AvgIpc) is 2.30. The second-order valence-corrected chi connectivity index (χ2v) is 4.46. The Morgan fingerprint density at radius 1 is 1.28 bits per heavy atom. The average molecular weight is 272 g/mol. The summed E-state index contributed by atoms with van der Waals surface area (Å²) >= 11 is 0. The molecule has 0 saturated heterocycles. The van der Waals surface area contributed by atoms with E-state index in [0.717, 1.165) is 5.56 Å². The fourth-order valence-corrected chi connectivity index (χ4v) is 1.63. The molecule has 0 aliphatic carbocycles. The van der Waals surface area contributed by atoms with Gasteiger partial charge in [-0.15, -0.1) is 12.4 Å². The number of hydrogen-bond donors (Lipinski definition) is 1.